The number of ether oxygens (including phenoxy) is 1. The van der Waals surface area contributed by atoms with Crippen LogP contribution in [0.3, 0.4) is 0 Å². The lowest BCUT2D eigenvalue weighted by atomic mass is 10.2. The molecule has 0 aliphatic rings. The van der Waals surface area contributed by atoms with Crippen LogP contribution in [-0.4, -0.2) is 37.6 Å². The van der Waals surface area contributed by atoms with E-state index in [2.05, 4.69) is 20.4 Å². The van der Waals surface area contributed by atoms with Gasteiger partial charge in [0.15, 0.2) is 6.10 Å². The first-order valence-electron chi connectivity index (χ1n) is 8.45. The Morgan fingerprint density at radius 1 is 1.17 bits per heavy atom. The molecule has 3 aromatic rings. The standard InChI is InChI=1S/C18H16F3N5O3/c1-9-7-10(2)26-17(22-9)24-14(25-26)16(28)29-11(3)15(27)23-13-6-4-5-12(8-13)18(19,20)21/h4-8,11H,1-3H3,(H,23,27)/t11-/m0/s1. The number of carbonyl (C=O) groups excluding carboxylic acids is 2. The number of anilines is 1. The van der Waals surface area contributed by atoms with Gasteiger partial charge in [-0.25, -0.2) is 14.3 Å². The van der Waals surface area contributed by atoms with Crippen LogP contribution in [0.15, 0.2) is 30.3 Å². The summed E-state index contributed by atoms with van der Waals surface area (Å²) in [4.78, 5) is 32.6. The summed E-state index contributed by atoms with van der Waals surface area (Å²) in [7, 11) is 0. The number of rotatable bonds is 4. The Morgan fingerprint density at radius 3 is 2.59 bits per heavy atom. The van der Waals surface area contributed by atoms with Gasteiger partial charge in [-0.2, -0.15) is 18.2 Å². The predicted molar refractivity (Wildman–Crippen MR) is 95.2 cm³/mol. The zero-order valence-electron chi connectivity index (χ0n) is 15.6. The summed E-state index contributed by atoms with van der Waals surface area (Å²) in [6.45, 7) is 4.81. The van der Waals surface area contributed by atoms with Crippen molar-refractivity contribution in [2.45, 2.75) is 33.1 Å². The zero-order valence-corrected chi connectivity index (χ0v) is 15.6. The topological polar surface area (TPSA) is 98.5 Å². The largest absolute Gasteiger partial charge is 0.447 e. The lowest BCUT2D eigenvalue weighted by Gasteiger charge is -2.13. The maximum Gasteiger partial charge on any atom is 0.416 e. The third-order valence-corrected chi connectivity index (χ3v) is 3.91. The number of nitrogens with zero attached hydrogens (tertiary/aromatic N) is 4. The second-order valence-corrected chi connectivity index (χ2v) is 6.30. The zero-order chi connectivity index (χ0) is 21.3. The van der Waals surface area contributed by atoms with Gasteiger partial charge in [0.05, 0.1) is 5.56 Å². The Labute approximate surface area is 162 Å². The van der Waals surface area contributed by atoms with Crippen molar-refractivity contribution < 1.29 is 27.5 Å². The number of nitrogens with one attached hydrogen (secondary N) is 1. The Morgan fingerprint density at radius 2 is 1.90 bits per heavy atom. The van der Waals surface area contributed by atoms with Crippen molar-refractivity contribution in [1.82, 2.24) is 19.6 Å². The molecule has 29 heavy (non-hydrogen) atoms. The summed E-state index contributed by atoms with van der Waals surface area (Å²) in [5.41, 5.74) is 0.409. The van der Waals surface area contributed by atoms with Crippen LogP contribution in [0.2, 0.25) is 0 Å². The van der Waals surface area contributed by atoms with E-state index >= 15 is 0 Å². The van der Waals surface area contributed by atoms with E-state index in [1.54, 1.807) is 19.9 Å². The molecule has 0 bridgehead atoms. The molecule has 1 amide bonds. The van der Waals surface area contributed by atoms with Crippen LogP contribution < -0.4 is 5.32 Å². The quantitative estimate of drug-likeness (QED) is 0.668. The highest BCUT2D eigenvalue weighted by Gasteiger charge is 2.31. The van der Waals surface area contributed by atoms with Gasteiger partial charge in [-0.05, 0) is 45.0 Å². The molecule has 0 aliphatic carbocycles. The number of aromatic nitrogens is 4. The van der Waals surface area contributed by atoms with Gasteiger partial charge in [0.2, 0.25) is 0 Å². The van der Waals surface area contributed by atoms with Crippen LogP contribution in [0, 0.1) is 13.8 Å². The highest BCUT2D eigenvalue weighted by molar-refractivity contribution is 5.96. The van der Waals surface area contributed by atoms with Gasteiger partial charge in [0.25, 0.3) is 17.5 Å². The Bertz CT molecular complexity index is 1090. The van der Waals surface area contributed by atoms with Crippen molar-refractivity contribution in [2.75, 3.05) is 5.32 Å². The molecule has 0 saturated carbocycles. The first-order chi connectivity index (χ1) is 13.5. The Hall–Kier alpha value is -3.50. The van der Waals surface area contributed by atoms with E-state index in [0.717, 1.165) is 18.2 Å². The fraction of sp³-hybridized carbons (Fsp3) is 0.278. The summed E-state index contributed by atoms with van der Waals surface area (Å²) in [5.74, 6) is -1.84. The van der Waals surface area contributed by atoms with E-state index in [4.69, 9.17) is 4.74 Å². The van der Waals surface area contributed by atoms with Gasteiger partial charge in [-0.3, -0.25) is 4.79 Å². The van der Waals surface area contributed by atoms with Crippen molar-refractivity contribution in [3.63, 3.8) is 0 Å². The fourth-order valence-electron chi connectivity index (χ4n) is 2.54. The highest BCUT2D eigenvalue weighted by atomic mass is 19.4. The SMILES string of the molecule is Cc1cc(C)n2nc(C(=O)O[C@@H](C)C(=O)Nc3cccc(C(F)(F)F)c3)nc2n1. The lowest BCUT2D eigenvalue weighted by Crippen LogP contribution is -2.30. The second kappa shape index (κ2) is 7.49. The van der Waals surface area contributed by atoms with E-state index < -0.39 is 29.7 Å². The molecule has 152 valence electrons. The van der Waals surface area contributed by atoms with Crippen LogP contribution in [0.4, 0.5) is 18.9 Å². The van der Waals surface area contributed by atoms with Gasteiger partial charge in [-0.1, -0.05) is 6.07 Å². The molecule has 2 aromatic heterocycles. The molecule has 0 unspecified atom stereocenters. The minimum absolute atomic E-state index is 0.0751. The maximum atomic E-state index is 12.8. The van der Waals surface area contributed by atoms with Crippen molar-refractivity contribution >= 4 is 23.3 Å². The number of hydrogen-bond donors (Lipinski definition) is 1. The molecule has 0 aliphatic heterocycles. The van der Waals surface area contributed by atoms with E-state index in [0.29, 0.717) is 11.4 Å². The van der Waals surface area contributed by atoms with Gasteiger partial charge < -0.3 is 10.1 Å². The number of aryl methyl sites for hydroxylation is 2. The predicted octanol–water partition coefficient (Wildman–Crippen LogP) is 2.94. The molecule has 0 fully saturated rings. The molecule has 0 spiro atoms. The minimum Gasteiger partial charge on any atom is -0.447 e. The summed E-state index contributed by atoms with van der Waals surface area (Å²) in [5, 5.41) is 6.28. The lowest BCUT2D eigenvalue weighted by molar-refractivity contribution is -0.137. The summed E-state index contributed by atoms with van der Waals surface area (Å²) in [6.07, 6.45) is -5.84. The van der Waals surface area contributed by atoms with Gasteiger partial charge in [-0.15, -0.1) is 5.10 Å². The summed E-state index contributed by atoms with van der Waals surface area (Å²) < 4.78 is 44.7. The van der Waals surface area contributed by atoms with E-state index in [-0.39, 0.29) is 17.3 Å². The van der Waals surface area contributed by atoms with E-state index in [1.165, 1.54) is 17.5 Å². The van der Waals surface area contributed by atoms with Crippen LogP contribution >= 0.6 is 0 Å². The third kappa shape index (κ3) is 4.50. The maximum absolute atomic E-state index is 12.8. The molecule has 8 nitrogen and oxygen atoms in total. The molecule has 2 heterocycles. The van der Waals surface area contributed by atoms with E-state index in [9.17, 15) is 22.8 Å². The number of benzene rings is 1. The van der Waals surface area contributed by atoms with Crippen molar-refractivity contribution in [1.29, 1.82) is 0 Å². The molecule has 0 radical (unpaired) electrons. The average Bonchev–Trinajstić information content (AvgIpc) is 3.05. The number of halogens is 3. The Kier molecular flexibility index (Phi) is 5.23. The molecule has 3 rings (SSSR count). The second-order valence-electron chi connectivity index (χ2n) is 6.30. The molecule has 1 atom stereocenters. The van der Waals surface area contributed by atoms with Gasteiger partial charge in [0.1, 0.15) is 0 Å². The molecule has 11 heteroatoms. The Balaban J connectivity index is 1.70. The normalized spacial score (nSPS) is 12.6. The number of hydrogen-bond acceptors (Lipinski definition) is 6. The van der Waals surface area contributed by atoms with Crippen molar-refractivity contribution in [3.8, 4) is 0 Å². The number of alkyl halides is 3. The van der Waals surface area contributed by atoms with Crippen LogP contribution in [0.1, 0.15) is 34.5 Å². The summed E-state index contributed by atoms with van der Waals surface area (Å²) in [6, 6.07) is 5.87. The monoisotopic (exact) mass is 407 g/mol. The molecule has 1 aromatic carbocycles. The fourth-order valence-corrected chi connectivity index (χ4v) is 2.54. The number of carbonyl (C=O) groups is 2. The molecular weight excluding hydrogens is 391 g/mol. The number of esters is 1. The van der Waals surface area contributed by atoms with Crippen LogP contribution in [0.25, 0.3) is 5.78 Å². The molecule has 1 N–H and O–H groups in total. The van der Waals surface area contributed by atoms with E-state index in [1.807, 2.05) is 0 Å². The molecular formula is C18H16F3N5O3. The number of fused-ring (bicyclic) bond motifs is 1. The smallest absolute Gasteiger partial charge is 0.416 e. The average molecular weight is 407 g/mol. The van der Waals surface area contributed by atoms with Crippen LogP contribution in [-0.2, 0) is 15.7 Å². The highest BCUT2D eigenvalue weighted by Crippen LogP contribution is 2.30. The number of amides is 1. The first-order valence-corrected chi connectivity index (χ1v) is 8.45. The van der Waals surface area contributed by atoms with Crippen LogP contribution in [0.5, 0.6) is 0 Å². The van der Waals surface area contributed by atoms with Crippen molar-refractivity contribution in [2.24, 2.45) is 0 Å². The first kappa shape index (κ1) is 20.2. The minimum atomic E-state index is -4.54. The van der Waals surface area contributed by atoms with Gasteiger partial charge in [0, 0.05) is 17.1 Å². The summed E-state index contributed by atoms with van der Waals surface area (Å²) >= 11 is 0. The third-order valence-electron chi connectivity index (χ3n) is 3.91. The molecule has 0 saturated heterocycles. The van der Waals surface area contributed by atoms with Gasteiger partial charge >= 0.3 is 12.1 Å². The van der Waals surface area contributed by atoms with Crippen molar-refractivity contribution in [3.05, 3.63) is 53.1 Å².